The first kappa shape index (κ1) is 18.3. The molecule has 0 aliphatic carbocycles. The van der Waals surface area contributed by atoms with Crippen molar-refractivity contribution in [2.75, 3.05) is 6.54 Å². The first-order valence-corrected chi connectivity index (χ1v) is 8.58. The molecule has 10 heteroatoms. The minimum Gasteiger partial charge on any atom is -0.465 e. The van der Waals surface area contributed by atoms with E-state index in [1.165, 1.54) is 4.68 Å². The second-order valence-electron chi connectivity index (χ2n) is 5.98. The van der Waals surface area contributed by atoms with Crippen molar-refractivity contribution in [1.82, 2.24) is 19.7 Å². The van der Waals surface area contributed by atoms with Crippen LogP contribution < -0.4 is 0 Å². The van der Waals surface area contributed by atoms with Gasteiger partial charge in [-0.05, 0) is 40.0 Å². The first-order chi connectivity index (χ1) is 12.3. The maximum absolute atomic E-state index is 11.6. The number of cyclic esters (lactones) is 1. The van der Waals surface area contributed by atoms with Crippen LogP contribution in [0.15, 0.2) is 16.9 Å². The van der Waals surface area contributed by atoms with Crippen LogP contribution in [0.1, 0.15) is 39.0 Å². The van der Waals surface area contributed by atoms with Gasteiger partial charge in [0.1, 0.15) is 12.4 Å². The maximum atomic E-state index is 11.6. The van der Waals surface area contributed by atoms with Crippen molar-refractivity contribution in [3.8, 4) is 0 Å². The number of ether oxygens (including phenoxy) is 1. The summed E-state index contributed by atoms with van der Waals surface area (Å²) in [5.74, 6) is 0.0558. The number of nitrogens with zero attached hydrogens (tertiary/aromatic N) is 4. The number of esters is 1. The molecule has 1 aromatic heterocycles. The number of aliphatic hydroxyl groups is 1. The molecule has 2 heterocycles. The molecule has 1 atom stereocenters. The molecule has 1 amide bonds. The number of hydrogen-bond donors (Lipinski definition) is 2. The molecule has 0 radical (unpaired) electrons. The lowest BCUT2D eigenvalue weighted by molar-refractivity contribution is 0.0534. The summed E-state index contributed by atoms with van der Waals surface area (Å²) in [6.45, 7) is 1.78. The van der Waals surface area contributed by atoms with Crippen LogP contribution in [0.3, 0.4) is 0 Å². The predicted molar refractivity (Wildman–Crippen MR) is 92.4 cm³/mol. The lowest BCUT2D eigenvalue weighted by atomic mass is 9.95. The van der Waals surface area contributed by atoms with Gasteiger partial charge in [0.05, 0.1) is 24.8 Å². The van der Waals surface area contributed by atoms with Crippen LogP contribution in [0.2, 0.25) is 0 Å². The van der Waals surface area contributed by atoms with Crippen LogP contribution >= 0.6 is 15.9 Å². The summed E-state index contributed by atoms with van der Waals surface area (Å²) in [5, 5.41) is 24.1. The molecule has 2 aromatic rings. The normalized spacial score (nSPS) is 14.1. The summed E-state index contributed by atoms with van der Waals surface area (Å²) in [5.41, 5.74) is 2.50. The van der Waals surface area contributed by atoms with E-state index in [1.807, 2.05) is 0 Å². The smallest absolute Gasteiger partial charge is 0.407 e. The molecule has 0 spiro atoms. The van der Waals surface area contributed by atoms with Crippen LogP contribution in [-0.2, 0) is 24.9 Å². The standard InChI is InChI=1S/C16H17BrN4O5/c1-8-9(3-4-10-11(8)7-26-14(10)23)12(22)5-21(16(24)25)6-13-18-15(17)19-20(13)2/h3-4,12,22H,5-7H2,1-2H3,(H,24,25)/t12-/m0/s1. The van der Waals surface area contributed by atoms with Crippen molar-refractivity contribution in [2.24, 2.45) is 7.05 Å². The van der Waals surface area contributed by atoms with Crippen molar-refractivity contribution in [3.63, 3.8) is 0 Å². The van der Waals surface area contributed by atoms with Crippen molar-refractivity contribution in [3.05, 3.63) is 44.9 Å². The molecule has 138 valence electrons. The lowest BCUT2D eigenvalue weighted by Crippen LogP contribution is -2.34. The Morgan fingerprint density at radius 3 is 2.85 bits per heavy atom. The Morgan fingerprint density at radius 2 is 2.23 bits per heavy atom. The number of hydrogen-bond acceptors (Lipinski definition) is 6. The molecule has 0 bridgehead atoms. The molecule has 0 unspecified atom stereocenters. The predicted octanol–water partition coefficient (Wildman–Crippen LogP) is 1.77. The van der Waals surface area contributed by atoms with Crippen LogP contribution in [0.25, 0.3) is 0 Å². The zero-order valence-corrected chi connectivity index (χ0v) is 15.7. The van der Waals surface area contributed by atoms with Gasteiger partial charge in [-0.25, -0.2) is 14.6 Å². The topological polar surface area (TPSA) is 118 Å². The van der Waals surface area contributed by atoms with E-state index >= 15 is 0 Å². The van der Waals surface area contributed by atoms with Gasteiger partial charge in [0.15, 0.2) is 0 Å². The zero-order valence-electron chi connectivity index (χ0n) is 14.1. The quantitative estimate of drug-likeness (QED) is 0.701. The number of aliphatic hydroxyl groups excluding tert-OH is 1. The van der Waals surface area contributed by atoms with Crippen LogP contribution in [0.5, 0.6) is 0 Å². The fourth-order valence-electron chi connectivity index (χ4n) is 2.94. The number of carbonyl (C=O) groups excluding carboxylic acids is 1. The number of fused-ring (bicyclic) bond motifs is 1. The Balaban J connectivity index is 1.81. The third-order valence-electron chi connectivity index (χ3n) is 4.39. The molecule has 3 rings (SSSR count). The van der Waals surface area contributed by atoms with Crippen LogP contribution in [0.4, 0.5) is 4.79 Å². The Bertz CT molecular complexity index is 882. The van der Waals surface area contributed by atoms with Gasteiger partial charge in [0.2, 0.25) is 4.73 Å². The highest BCUT2D eigenvalue weighted by molar-refractivity contribution is 9.10. The molecule has 0 saturated heterocycles. The molecule has 1 aliphatic heterocycles. The highest BCUT2D eigenvalue weighted by atomic mass is 79.9. The van der Waals surface area contributed by atoms with Gasteiger partial charge in [0.25, 0.3) is 0 Å². The molecule has 26 heavy (non-hydrogen) atoms. The van der Waals surface area contributed by atoms with E-state index in [0.717, 1.165) is 16.0 Å². The van der Waals surface area contributed by atoms with Gasteiger partial charge in [-0.2, -0.15) is 0 Å². The van der Waals surface area contributed by atoms with E-state index in [1.54, 1.807) is 26.1 Å². The monoisotopic (exact) mass is 424 g/mol. The van der Waals surface area contributed by atoms with Crippen molar-refractivity contribution < 1.29 is 24.5 Å². The van der Waals surface area contributed by atoms with E-state index in [-0.39, 0.29) is 25.7 Å². The highest BCUT2D eigenvalue weighted by Gasteiger charge is 2.27. The van der Waals surface area contributed by atoms with Gasteiger partial charge < -0.3 is 14.9 Å². The molecule has 1 aromatic carbocycles. The molecule has 2 N–H and O–H groups in total. The lowest BCUT2D eigenvalue weighted by Gasteiger charge is -2.23. The summed E-state index contributed by atoms with van der Waals surface area (Å²) in [4.78, 5) is 28.4. The number of carboxylic acid groups (broad SMARTS) is 1. The number of rotatable bonds is 5. The van der Waals surface area contributed by atoms with Gasteiger partial charge in [0, 0.05) is 12.6 Å². The fourth-order valence-corrected chi connectivity index (χ4v) is 3.38. The average Bonchev–Trinajstić information content (AvgIpc) is 3.10. The van der Waals surface area contributed by atoms with E-state index in [4.69, 9.17) is 4.74 Å². The average molecular weight is 425 g/mol. The largest absolute Gasteiger partial charge is 0.465 e. The summed E-state index contributed by atoms with van der Waals surface area (Å²) in [7, 11) is 1.66. The molecular weight excluding hydrogens is 408 g/mol. The number of aryl methyl sites for hydroxylation is 1. The molecular formula is C16H17BrN4O5. The minimum absolute atomic E-state index is 0.0208. The Kier molecular flexibility index (Phi) is 4.97. The Labute approximate surface area is 157 Å². The summed E-state index contributed by atoms with van der Waals surface area (Å²) >= 11 is 3.14. The van der Waals surface area contributed by atoms with Gasteiger partial charge >= 0.3 is 12.1 Å². The third-order valence-corrected chi connectivity index (χ3v) is 4.73. The summed E-state index contributed by atoms with van der Waals surface area (Å²) in [6.07, 6.45) is -2.23. The number of amides is 1. The summed E-state index contributed by atoms with van der Waals surface area (Å²) < 4.78 is 6.83. The van der Waals surface area contributed by atoms with E-state index < -0.39 is 12.2 Å². The fraction of sp³-hybridized carbons (Fsp3) is 0.375. The first-order valence-electron chi connectivity index (χ1n) is 7.78. The van der Waals surface area contributed by atoms with Gasteiger partial charge in [-0.3, -0.25) is 9.58 Å². The van der Waals surface area contributed by atoms with Crippen molar-refractivity contribution in [2.45, 2.75) is 26.2 Å². The van der Waals surface area contributed by atoms with Crippen LogP contribution in [-0.4, -0.2) is 48.5 Å². The van der Waals surface area contributed by atoms with Crippen LogP contribution in [0, 0.1) is 6.92 Å². The second kappa shape index (κ2) is 7.04. The molecule has 1 aliphatic rings. The Morgan fingerprint density at radius 1 is 1.50 bits per heavy atom. The minimum atomic E-state index is -1.18. The zero-order chi connectivity index (χ0) is 19.0. The number of halogens is 1. The second-order valence-corrected chi connectivity index (χ2v) is 6.69. The molecule has 9 nitrogen and oxygen atoms in total. The maximum Gasteiger partial charge on any atom is 0.407 e. The number of aromatic nitrogens is 3. The van der Waals surface area contributed by atoms with Crippen molar-refractivity contribution in [1.29, 1.82) is 0 Å². The third kappa shape index (κ3) is 3.42. The molecule has 0 fully saturated rings. The molecule has 0 saturated carbocycles. The van der Waals surface area contributed by atoms with E-state index in [0.29, 0.717) is 21.7 Å². The number of carbonyl (C=O) groups is 2. The highest BCUT2D eigenvalue weighted by Crippen LogP contribution is 2.29. The Hall–Kier alpha value is -2.46. The van der Waals surface area contributed by atoms with E-state index in [9.17, 15) is 19.8 Å². The summed E-state index contributed by atoms with van der Waals surface area (Å²) in [6, 6.07) is 3.23. The van der Waals surface area contributed by atoms with Gasteiger partial charge in [-0.15, -0.1) is 5.10 Å². The SMILES string of the molecule is Cc1c([C@@H](O)CN(Cc2nc(Br)nn2C)C(=O)O)ccc2c1COC2=O. The van der Waals surface area contributed by atoms with Gasteiger partial charge in [-0.1, -0.05) is 6.07 Å². The number of benzene rings is 1. The van der Waals surface area contributed by atoms with Crippen molar-refractivity contribution >= 4 is 28.0 Å². The van der Waals surface area contributed by atoms with E-state index in [2.05, 4.69) is 26.0 Å².